The second-order valence-electron chi connectivity index (χ2n) is 3.71. The zero-order valence-corrected chi connectivity index (χ0v) is 10.3. The van der Waals surface area contributed by atoms with Crippen LogP contribution in [-0.4, -0.2) is 62.1 Å². The van der Waals surface area contributed by atoms with Crippen molar-refractivity contribution in [3.05, 3.63) is 0 Å². The number of carbonyl (C=O) groups excluding carboxylic acids is 1. The van der Waals surface area contributed by atoms with Gasteiger partial charge in [0.25, 0.3) is 0 Å². The maximum absolute atomic E-state index is 11.4. The summed E-state index contributed by atoms with van der Waals surface area (Å²) in [6, 6.07) is 0. The molecule has 94 valence electrons. The maximum atomic E-state index is 11.4. The Hall–Kier alpha value is -0.300. The molecule has 2 N–H and O–H groups in total. The predicted molar refractivity (Wildman–Crippen MR) is 64.7 cm³/mol. The molecule has 5 nitrogen and oxygen atoms in total. The Balaban J connectivity index is 1.93. The Bertz CT molecular complexity index is 216. The van der Waals surface area contributed by atoms with E-state index in [1.165, 1.54) is 0 Å². The van der Waals surface area contributed by atoms with E-state index in [1.807, 2.05) is 0 Å². The van der Waals surface area contributed by atoms with Crippen LogP contribution in [0.4, 0.5) is 0 Å². The van der Waals surface area contributed by atoms with Crippen LogP contribution in [0.25, 0.3) is 0 Å². The van der Waals surface area contributed by atoms with Crippen molar-refractivity contribution in [2.24, 2.45) is 5.73 Å². The van der Waals surface area contributed by atoms with Crippen LogP contribution in [-0.2, 0) is 14.3 Å². The molecule has 0 radical (unpaired) electrons. The van der Waals surface area contributed by atoms with Gasteiger partial charge >= 0.3 is 0 Å². The average Bonchev–Trinajstić information content (AvgIpc) is 2.56. The van der Waals surface area contributed by atoms with E-state index in [9.17, 15) is 4.79 Å². The summed E-state index contributed by atoms with van der Waals surface area (Å²) < 4.78 is 10.5. The van der Waals surface area contributed by atoms with Gasteiger partial charge in [0.15, 0.2) is 0 Å². The molecule has 0 aromatic carbocycles. The third-order valence-corrected chi connectivity index (χ3v) is 2.68. The van der Waals surface area contributed by atoms with Gasteiger partial charge < -0.3 is 20.1 Å². The van der Waals surface area contributed by atoms with Gasteiger partial charge in [0.05, 0.1) is 26.4 Å². The fourth-order valence-electron chi connectivity index (χ4n) is 1.55. The van der Waals surface area contributed by atoms with Crippen LogP contribution in [0, 0.1) is 0 Å². The molecule has 0 aliphatic carbocycles. The Labute approximate surface area is 102 Å². The molecule has 0 aromatic rings. The summed E-state index contributed by atoms with van der Waals surface area (Å²) in [5.74, 6) is 0.169. The Morgan fingerprint density at radius 2 is 2.00 bits per heavy atom. The van der Waals surface area contributed by atoms with Crippen LogP contribution in [0.15, 0.2) is 0 Å². The van der Waals surface area contributed by atoms with Crippen molar-refractivity contribution < 1.29 is 14.3 Å². The van der Waals surface area contributed by atoms with Gasteiger partial charge in [-0.2, -0.15) is 12.6 Å². The first-order valence-electron chi connectivity index (χ1n) is 5.55. The van der Waals surface area contributed by atoms with Crippen LogP contribution >= 0.6 is 12.6 Å². The first-order valence-corrected chi connectivity index (χ1v) is 6.07. The number of carbonyl (C=O) groups is 1. The van der Waals surface area contributed by atoms with E-state index in [1.54, 1.807) is 4.90 Å². The van der Waals surface area contributed by atoms with E-state index in [0.717, 1.165) is 6.54 Å². The molecular formula is C10H20N2O3S. The first-order chi connectivity index (χ1) is 7.74. The normalized spacial score (nSPS) is 20.8. The molecule has 1 heterocycles. The molecule has 16 heavy (non-hydrogen) atoms. The molecule has 1 fully saturated rings. The van der Waals surface area contributed by atoms with Gasteiger partial charge in [-0.3, -0.25) is 4.79 Å². The molecule has 1 unspecified atom stereocenters. The minimum atomic E-state index is 0.169. The lowest BCUT2D eigenvalue weighted by Crippen LogP contribution is -2.29. The Morgan fingerprint density at radius 1 is 1.31 bits per heavy atom. The monoisotopic (exact) mass is 248 g/mol. The molecule has 1 aliphatic rings. The third-order valence-electron chi connectivity index (χ3n) is 2.33. The summed E-state index contributed by atoms with van der Waals surface area (Å²) in [5.41, 5.74) is 5.26. The van der Waals surface area contributed by atoms with Crippen LogP contribution in [0.3, 0.4) is 0 Å². The highest BCUT2D eigenvalue weighted by atomic mass is 32.1. The zero-order chi connectivity index (χ0) is 11.8. The highest BCUT2D eigenvalue weighted by Gasteiger charge is 2.26. The van der Waals surface area contributed by atoms with E-state index in [4.69, 9.17) is 15.2 Å². The second-order valence-corrected chi connectivity index (χ2v) is 4.44. The van der Waals surface area contributed by atoms with Crippen molar-refractivity contribution in [3.63, 3.8) is 0 Å². The van der Waals surface area contributed by atoms with E-state index < -0.39 is 0 Å². The van der Waals surface area contributed by atoms with Gasteiger partial charge in [0, 0.05) is 31.3 Å². The van der Waals surface area contributed by atoms with E-state index in [2.05, 4.69) is 12.6 Å². The number of amides is 1. The largest absolute Gasteiger partial charge is 0.378 e. The number of rotatable bonds is 8. The second kappa shape index (κ2) is 7.89. The van der Waals surface area contributed by atoms with Crippen LogP contribution in [0.1, 0.15) is 6.42 Å². The lowest BCUT2D eigenvalue weighted by Gasteiger charge is -2.15. The molecule has 6 heteroatoms. The molecule has 0 aromatic heterocycles. The van der Waals surface area contributed by atoms with Crippen molar-refractivity contribution in [1.82, 2.24) is 4.90 Å². The molecule has 0 saturated carbocycles. The van der Waals surface area contributed by atoms with Gasteiger partial charge in [-0.05, 0) is 0 Å². The van der Waals surface area contributed by atoms with Crippen molar-refractivity contribution in [2.75, 3.05) is 46.1 Å². The minimum absolute atomic E-state index is 0.169. The molecule has 1 rings (SSSR count). The minimum Gasteiger partial charge on any atom is -0.378 e. The molecule has 1 saturated heterocycles. The average molecular weight is 248 g/mol. The smallest absolute Gasteiger partial charge is 0.223 e. The summed E-state index contributed by atoms with van der Waals surface area (Å²) in [6.45, 7) is 4.13. The number of nitrogens with two attached hydrogens (primary N) is 1. The van der Waals surface area contributed by atoms with E-state index >= 15 is 0 Å². The Morgan fingerprint density at radius 3 is 2.56 bits per heavy atom. The highest BCUT2D eigenvalue weighted by molar-refractivity contribution is 7.81. The lowest BCUT2D eigenvalue weighted by molar-refractivity contribution is -0.128. The fraction of sp³-hybridized carbons (Fsp3) is 0.900. The standard InChI is InChI=1S/C10H20N2O3S/c11-1-3-14-5-6-15-4-2-12-8-9(16)7-10(12)13/h9,16H,1-8,11H2. The number of likely N-dealkylation sites (tertiary alicyclic amines) is 1. The van der Waals surface area contributed by atoms with Crippen molar-refractivity contribution in [1.29, 1.82) is 0 Å². The van der Waals surface area contributed by atoms with E-state index in [-0.39, 0.29) is 11.2 Å². The van der Waals surface area contributed by atoms with Gasteiger partial charge in [0.1, 0.15) is 0 Å². The van der Waals surface area contributed by atoms with Gasteiger partial charge in [-0.15, -0.1) is 0 Å². The number of ether oxygens (including phenoxy) is 2. The van der Waals surface area contributed by atoms with E-state index in [0.29, 0.717) is 45.9 Å². The lowest BCUT2D eigenvalue weighted by atomic mass is 10.4. The molecule has 1 amide bonds. The molecule has 1 atom stereocenters. The maximum Gasteiger partial charge on any atom is 0.223 e. The molecule has 0 bridgehead atoms. The summed E-state index contributed by atoms with van der Waals surface area (Å²) in [6.07, 6.45) is 0.544. The fourth-order valence-corrected chi connectivity index (χ4v) is 1.90. The first kappa shape index (κ1) is 13.8. The quantitative estimate of drug-likeness (QED) is 0.449. The number of nitrogens with zero attached hydrogens (tertiary/aromatic N) is 1. The zero-order valence-electron chi connectivity index (χ0n) is 9.43. The third kappa shape index (κ3) is 5.16. The summed E-state index contributed by atoms with van der Waals surface area (Å²) >= 11 is 4.28. The molecule has 0 spiro atoms. The van der Waals surface area contributed by atoms with Crippen LogP contribution in [0.2, 0.25) is 0 Å². The summed E-state index contributed by atoms with van der Waals surface area (Å²) in [5, 5.41) is 0.181. The SMILES string of the molecule is NCCOCCOCCN1CC(S)CC1=O. The number of hydrogen-bond acceptors (Lipinski definition) is 5. The van der Waals surface area contributed by atoms with Crippen LogP contribution < -0.4 is 5.73 Å². The summed E-state index contributed by atoms with van der Waals surface area (Å²) in [4.78, 5) is 13.2. The summed E-state index contributed by atoms with van der Waals surface area (Å²) in [7, 11) is 0. The molecular weight excluding hydrogens is 228 g/mol. The van der Waals surface area contributed by atoms with Crippen LogP contribution in [0.5, 0.6) is 0 Å². The van der Waals surface area contributed by atoms with Gasteiger partial charge in [0.2, 0.25) is 5.91 Å². The van der Waals surface area contributed by atoms with Crippen molar-refractivity contribution in [3.8, 4) is 0 Å². The van der Waals surface area contributed by atoms with Gasteiger partial charge in [-0.1, -0.05) is 0 Å². The van der Waals surface area contributed by atoms with Crippen molar-refractivity contribution >= 4 is 18.5 Å². The Kier molecular flexibility index (Phi) is 6.79. The number of hydrogen-bond donors (Lipinski definition) is 2. The molecule has 1 aliphatic heterocycles. The van der Waals surface area contributed by atoms with Gasteiger partial charge in [-0.25, -0.2) is 0 Å². The highest BCUT2D eigenvalue weighted by Crippen LogP contribution is 2.14. The van der Waals surface area contributed by atoms with Crippen molar-refractivity contribution in [2.45, 2.75) is 11.7 Å². The predicted octanol–water partition coefficient (Wildman–Crippen LogP) is -0.491. The topological polar surface area (TPSA) is 64.8 Å². The number of thiol groups is 1.